The highest BCUT2D eigenvalue weighted by atomic mass is 16.6. The third kappa shape index (κ3) is 9.54. The van der Waals surface area contributed by atoms with Crippen molar-refractivity contribution in [3.05, 3.63) is 23.8 Å². The topological polar surface area (TPSA) is 97.6 Å². The largest absolute Gasteiger partial charge is 0.508 e. The van der Waals surface area contributed by atoms with E-state index in [4.69, 9.17) is 24.1 Å². The van der Waals surface area contributed by atoms with Gasteiger partial charge in [0.05, 0.1) is 59.5 Å². The summed E-state index contributed by atoms with van der Waals surface area (Å²) in [4.78, 5) is 0. The Kier molecular flexibility index (Phi) is 10.3. The first-order valence-electron chi connectivity index (χ1n) is 7.16. The number of ether oxygens (including phenoxy) is 4. The molecular weight excluding hydrogens is 292 g/mol. The number of phenolic OH excluding ortho intramolecular Hbond substituents is 2. The molecular formula is C15H24O7. The Morgan fingerprint density at radius 3 is 1.59 bits per heavy atom. The van der Waals surface area contributed by atoms with Gasteiger partial charge < -0.3 is 34.3 Å². The van der Waals surface area contributed by atoms with E-state index in [0.29, 0.717) is 58.4 Å². The standard InChI is InChI=1S/C15H24O7/c16-1-2-19-3-4-20-5-6-21-7-8-22-12-13-9-14(17)11-15(18)10-13/h9-11,16-18H,1-8,12H2. The summed E-state index contributed by atoms with van der Waals surface area (Å²) in [5.41, 5.74) is 0.698. The van der Waals surface area contributed by atoms with E-state index in [1.165, 1.54) is 18.2 Å². The summed E-state index contributed by atoms with van der Waals surface area (Å²) in [7, 11) is 0. The lowest BCUT2D eigenvalue weighted by Crippen LogP contribution is -2.12. The number of aromatic hydroxyl groups is 2. The van der Waals surface area contributed by atoms with Crippen LogP contribution in [0.1, 0.15) is 5.56 Å². The average Bonchev–Trinajstić information content (AvgIpc) is 2.47. The molecule has 0 aliphatic rings. The second kappa shape index (κ2) is 12.2. The molecule has 7 nitrogen and oxygen atoms in total. The fraction of sp³-hybridized carbons (Fsp3) is 0.600. The molecule has 0 bridgehead atoms. The van der Waals surface area contributed by atoms with Crippen LogP contribution >= 0.6 is 0 Å². The Balaban J connectivity index is 1.89. The molecule has 22 heavy (non-hydrogen) atoms. The molecule has 0 unspecified atom stereocenters. The smallest absolute Gasteiger partial charge is 0.119 e. The third-order valence-corrected chi connectivity index (χ3v) is 2.58. The molecule has 1 aromatic rings. The van der Waals surface area contributed by atoms with E-state index in [0.717, 1.165) is 0 Å². The van der Waals surface area contributed by atoms with Gasteiger partial charge in [-0.05, 0) is 17.7 Å². The number of aliphatic hydroxyl groups excluding tert-OH is 1. The molecule has 0 atom stereocenters. The van der Waals surface area contributed by atoms with Gasteiger partial charge in [0.25, 0.3) is 0 Å². The zero-order valence-electron chi connectivity index (χ0n) is 12.6. The molecule has 0 fully saturated rings. The summed E-state index contributed by atoms with van der Waals surface area (Å²) in [6.45, 7) is 3.37. The fourth-order valence-electron chi connectivity index (χ4n) is 1.65. The number of rotatable bonds is 13. The van der Waals surface area contributed by atoms with Gasteiger partial charge in [-0.3, -0.25) is 0 Å². The van der Waals surface area contributed by atoms with E-state index in [-0.39, 0.29) is 18.1 Å². The normalized spacial score (nSPS) is 11.0. The van der Waals surface area contributed by atoms with Crippen molar-refractivity contribution in [2.24, 2.45) is 0 Å². The van der Waals surface area contributed by atoms with Crippen molar-refractivity contribution in [2.75, 3.05) is 52.9 Å². The van der Waals surface area contributed by atoms with Gasteiger partial charge in [-0.2, -0.15) is 0 Å². The molecule has 0 aliphatic carbocycles. The highest BCUT2D eigenvalue weighted by Crippen LogP contribution is 2.20. The van der Waals surface area contributed by atoms with Gasteiger partial charge in [-0.15, -0.1) is 0 Å². The molecule has 0 spiro atoms. The van der Waals surface area contributed by atoms with Crippen LogP contribution in [0.2, 0.25) is 0 Å². The third-order valence-electron chi connectivity index (χ3n) is 2.58. The zero-order chi connectivity index (χ0) is 16.0. The van der Waals surface area contributed by atoms with Crippen molar-refractivity contribution < 1.29 is 34.3 Å². The van der Waals surface area contributed by atoms with Gasteiger partial charge in [-0.25, -0.2) is 0 Å². The Bertz CT molecular complexity index is 377. The van der Waals surface area contributed by atoms with Crippen LogP contribution in [0.25, 0.3) is 0 Å². The van der Waals surface area contributed by atoms with Crippen molar-refractivity contribution in [3.63, 3.8) is 0 Å². The summed E-state index contributed by atoms with van der Waals surface area (Å²) in [6.07, 6.45) is 0. The average molecular weight is 316 g/mol. The Morgan fingerprint density at radius 1 is 0.636 bits per heavy atom. The molecule has 126 valence electrons. The first-order chi connectivity index (χ1) is 10.7. The molecule has 7 heteroatoms. The van der Waals surface area contributed by atoms with Crippen LogP contribution in [0, 0.1) is 0 Å². The van der Waals surface area contributed by atoms with E-state index in [2.05, 4.69) is 0 Å². The van der Waals surface area contributed by atoms with Crippen LogP contribution in [0.3, 0.4) is 0 Å². The van der Waals surface area contributed by atoms with Crippen molar-refractivity contribution in [1.29, 1.82) is 0 Å². The maximum atomic E-state index is 9.31. The van der Waals surface area contributed by atoms with Gasteiger partial charge in [0.1, 0.15) is 11.5 Å². The van der Waals surface area contributed by atoms with Crippen LogP contribution in [-0.2, 0) is 25.6 Å². The van der Waals surface area contributed by atoms with Crippen LogP contribution in [-0.4, -0.2) is 68.2 Å². The first kappa shape index (κ1) is 18.7. The summed E-state index contributed by atoms with van der Waals surface area (Å²) < 4.78 is 21.0. The van der Waals surface area contributed by atoms with E-state index in [1.807, 2.05) is 0 Å². The summed E-state index contributed by atoms with van der Waals surface area (Å²) in [6, 6.07) is 4.34. The van der Waals surface area contributed by atoms with Gasteiger partial charge in [0, 0.05) is 6.07 Å². The highest BCUT2D eigenvalue weighted by Gasteiger charge is 1.99. The lowest BCUT2D eigenvalue weighted by molar-refractivity contribution is -0.00745. The lowest BCUT2D eigenvalue weighted by atomic mass is 10.2. The van der Waals surface area contributed by atoms with Crippen molar-refractivity contribution in [3.8, 4) is 11.5 Å². The van der Waals surface area contributed by atoms with E-state index < -0.39 is 0 Å². The minimum absolute atomic E-state index is 0.00923. The van der Waals surface area contributed by atoms with E-state index >= 15 is 0 Å². The fourth-order valence-corrected chi connectivity index (χ4v) is 1.65. The second-order valence-corrected chi connectivity index (χ2v) is 4.47. The predicted octanol–water partition coefficient (Wildman–Crippen LogP) is 0.656. The van der Waals surface area contributed by atoms with Gasteiger partial charge in [0.2, 0.25) is 0 Å². The molecule has 3 N–H and O–H groups in total. The Labute approximate surface area is 130 Å². The Morgan fingerprint density at radius 2 is 1.09 bits per heavy atom. The quantitative estimate of drug-likeness (QED) is 0.460. The minimum atomic E-state index is 0.00923. The maximum Gasteiger partial charge on any atom is 0.119 e. The van der Waals surface area contributed by atoms with E-state index in [1.54, 1.807) is 0 Å². The molecule has 1 aromatic carbocycles. The molecule has 0 aromatic heterocycles. The molecule has 0 saturated heterocycles. The zero-order valence-corrected chi connectivity index (χ0v) is 12.6. The molecule has 0 amide bonds. The maximum absolute atomic E-state index is 9.31. The van der Waals surface area contributed by atoms with Gasteiger partial charge >= 0.3 is 0 Å². The predicted molar refractivity (Wildman–Crippen MR) is 79.0 cm³/mol. The number of phenols is 2. The van der Waals surface area contributed by atoms with Crippen molar-refractivity contribution >= 4 is 0 Å². The molecule has 0 aliphatic heterocycles. The summed E-state index contributed by atoms with van der Waals surface area (Å²) in [5.74, 6) is 0.0185. The lowest BCUT2D eigenvalue weighted by Gasteiger charge is -2.07. The van der Waals surface area contributed by atoms with Crippen LogP contribution in [0.5, 0.6) is 11.5 Å². The molecule has 0 radical (unpaired) electrons. The minimum Gasteiger partial charge on any atom is -0.508 e. The van der Waals surface area contributed by atoms with Crippen LogP contribution in [0.4, 0.5) is 0 Å². The SMILES string of the molecule is OCCOCCOCCOCCOCc1cc(O)cc(O)c1. The number of aliphatic hydroxyl groups is 1. The van der Waals surface area contributed by atoms with Crippen molar-refractivity contribution in [1.82, 2.24) is 0 Å². The molecule has 0 saturated carbocycles. The van der Waals surface area contributed by atoms with Crippen molar-refractivity contribution in [2.45, 2.75) is 6.61 Å². The van der Waals surface area contributed by atoms with Crippen LogP contribution in [0.15, 0.2) is 18.2 Å². The first-order valence-corrected chi connectivity index (χ1v) is 7.16. The van der Waals surface area contributed by atoms with Gasteiger partial charge in [-0.1, -0.05) is 0 Å². The molecule has 1 rings (SSSR count). The monoisotopic (exact) mass is 316 g/mol. The Hall–Kier alpha value is -1.38. The van der Waals surface area contributed by atoms with Gasteiger partial charge in [0.15, 0.2) is 0 Å². The number of hydrogen-bond donors (Lipinski definition) is 3. The van der Waals surface area contributed by atoms with E-state index in [9.17, 15) is 10.2 Å². The second-order valence-electron chi connectivity index (χ2n) is 4.47. The number of benzene rings is 1. The summed E-state index contributed by atoms with van der Waals surface area (Å²) >= 11 is 0. The molecule has 0 heterocycles. The highest BCUT2D eigenvalue weighted by molar-refractivity contribution is 5.36. The summed E-state index contributed by atoms with van der Waals surface area (Å²) in [5, 5.41) is 27.1. The number of hydrogen-bond acceptors (Lipinski definition) is 7. The van der Waals surface area contributed by atoms with Crippen LogP contribution < -0.4 is 0 Å².